The van der Waals surface area contributed by atoms with Crippen LogP contribution in [0, 0.1) is 0 Å². The van der Waals surface area contributed by atoms with E-state index in [1.165, 1.54) is 43.8 Å². The summed E-state index contributed by atoms with van der Waals surface area (Å²) < 4.78 is 0. The number of rotatable bonds is 3. The van der Waals surface area contributed by atoms with E-state index in [0.717, 1.165) is 50.6 Å². The summed E-state index contributed by atoms with van der Waals surface area (Å²) in [6.07, 6.45) is 1.03. The summed E-state index contributed by atoms with van der Waals surface area (Å²) in [4.78, 5) is 20.6. The molecule has 3 nitrogen and oxygen atoms in total. The lowest BCUT2D eigenvalue weighted by atomic mass is 9.82. The van der Waals surface area contributed by atoms with Gasteiger partial charge in [-0.2, -0.15) is 0 Å². The molecule has 2 N–H and O–H groups in total. The summed E-state index contributed by atoms with van der Waals surface area (Å²) in [5.74, 6) is 0. The van der Waals surface area contributed by atoms with Crippen molar-refractivity contribution in [2.24, 2.45) is 0 Å². The number of aromatic amines is 2. The van der Waals surface area contributed by atoms with Gasteiger partial charge in [0.2, 0.25) is 0 Å². The van der Waals surface area contributed by atoms with Crippen molar-refractivity contribution in [3.8, 4) is 22.3 Å². The SMILES string of the molecule is CC(C)(C)c1ccc2[nH]c3c(-c4ccc(-c5cc(C(C)(C)C)cc6c5[nH]c5ccc(C(C)(C)C)cc56)c(C=O)c4)cc(C(C)(C)C)cc3c2c1. The molecule has 0 spiro atoms. The van der Waals surface area contributed by atoms with Crippen molar-refractivity contribution in [1.82, 2.24) is 9.97 Å². The molecule has 7 aromatic rings. The molecule has 3 heteroatoms. The number of aldehydes is 1. The predicted molar refractivity (Wildman–Crippen MR) is 216 cm³/mol. The molecular formula is C47H52N2O. The van der Waals surface area contributed by atoms with Gasteiger partial charge in [-0.1, -0.05) is 107 Å². The molecule has 0 atom stereocenters. The summed E-state index contributed by atoms with van der Waals surface area (Å²) in [6.45, 7) is 27.2. The number of hydrogen-bond acceptors (Lipinski definition) is 1. The van der Waals surface area contributed by atoms with E-state index in [-0.39, 0.29) is 21.7 Å². The Morgan fingerprint density at radius 3 is 1.28 bits per heavy atom. The number of carbonyl (C=O) groups excluding carboxylic acids is 1. The molecule has 50 heavy (non-hydrogen) atoms. The Morgan fingerprint density at radius 2 is 0.840 bits per heavy atom. The second-order valence-electron chi connectivity index (χ2n) is 18.6. The molecule has 0 amide bonds. The fourth-order valence-corrected chi connectivity index (χ4v) is 7.31. The maximum Gasteiger partial charge on any atom is 0.150 e. The van der Waals surface area contributed by atoms with Gasteiger partial charge in [0.05, 0.1) is 11.0 Å². The maximum atomic E-state index is 13.1. The number of nitrogens with one attached hydrogen (secondary N) is 2. The van der Waals surface area contributed by atoms with Gasteiger partial charge >= 0.3 is 0 Å². The fourth-order valence-electron chi connectivity index (χ4n) is 7.31. The standard InChI is InChI=1S/C47H52N2O/c1-44(2,3)29-14-17-40-35(20-29)38-24-31(46(7,8)9)22-34(42(38)48-40)27-13-16-33(28(19-27)26-50)37-23-32(47(10,11)12)25-39-36-21-30(45(4,5)6)15-18-41(36)49-43(37)39/h13-26,48-49H,1-12H3. The first-order chi connectivity index (χ1) is 23.2. The van der Waals surface area contributed by atoms with E-state index in [2.05, 4.69) is 172 Å². The van der Waals surface area contributed by atoms with E-state index in [1.807, 2.05) is 0 Å². The van der Waals surface area contributed by atoms with Gasteiger partial charge < -0.3 is 9.97 Å². The molecule has 0 bridgehead atoms. The lowest BCUT2D eigenvalue weighted by molar-refractivity contribution is 0.112. The minimum atomic E-state index is -0.0725. The third-order valence-corrected chi connectivity index (χ3v) is 10.7. The normalized spacial score (nSPS) is 13.3. The van der Waals surface area contributed by atoms with Gasteiger partial charge in [0.15, 0.2) is 6.29 Å². The Hall–Kier alpha value is -4.63. The number of benzene rings is 5. The van der Waals surface area contributed by atoms with Gasteiger partial charge in [-0.05, 0) is 110 Å². The Balaban J connectivity index is 1.48. The van der Waals surface area contributed by atoms with Crippen LogP contribution in [0.5, 0.6) is 0 Å². The summed E-state index contributed by atoms with van der Waals surface area (Å²) in [7, 11) is 0. The Morgan fingerprint density at radius 1 is 0.420 bits per heavy atom. The molecule has 2 aromatic heterocycles. The van der Waals surface area contributed by atoms with Crippen molar-refractivity contribution in [1.29, 1.82) is 0 Å². The summed E-state index contributed by atoms with van der Waals surface area (Å²) in [5, 5.41) is 4.87. The van der Waals surface area contributed by atoms with E-state index >= 15 is 0 Å². The van der Waals surface area contributed by atoms with E-state index < -0.39 is 0 Å². The first-order valence-corrected chi connectivity index (χ1v) is 18.0. The molecule has 256 valence electrons. The number of carbonyl (C=O) groups is 1. The molecule has 0 unspecified atom stereocenters. The molecule has 2 heterocycles. The second kappa shape index (κ2) is 11.2. The Labute approximate surface area is 297 Å². The zero-order valence-electron chi connectivity index (χ0n) is 32.0. The maximum absolute atomic E-state index is 13.1. The van der Waals surface area contributed by atoms with Gasteiger partial charge in [-0.15, -0.1) is 0 Å². The van der Waals surface area contributed by atoms with E-state index in [1.54, 1.807) is 0 Å². The quantitative estimate of drug-likeness (QED) is 0.182. The van der Waals surface area contributed by atoms with Gasteiger partial charge in [0, 0.05) is 49.3 Å². The van der Waals surface area contributed by atoms with Crippen LogP contribution in [0.4, 0.5) is 0 Å². The van der Waals surface area contributed by atoms with Crippen LogP contribution in [-0.4, -0.2) is 16.3 Å². The first kappa shape index (κ1) is 33.8. The minimum absolute atomic E-state index is 0.0400. The smallest absolute Gasteiger partial charge is 0.150 e. The molecule has 5 aromatic carbocycles. The van der Waals surface area contributed by atoms with Crippen LogP contribution in [0.25, 0.3) is 65.9 Å². The molecule has 0 saturated heterocycles. The van der Waals surface area contributed by atoms with Crippen LogP contribution in [0.15, 0.2) is 78.9 Å². The molecular weight excluding hydrogens is 609 g/mol. The van der Waals surface area contributed by atoms with Crippen molar-refractivity contribution >= 4 is 49.9 Å². The molecule has 0 aliphatic carbocycles. The highest BCUT2D eigenvalue weighted by molar-refractivity contribution is 6.15. The zero-order valence-corrected chi connectivity index (χ0v) is 32.0. The Kier molecular flexibility index (Phi) is 7.57. The highest BCUT2D eigenvalue weighted by Crippen LogP contribution is 2.43. The number of aromatic nitrogens is 2. The van der Waals surface area contributed by atoms with Crippen LogP contribution >= 0.6 is 0 Å². The highest BCUT2D eigenvalue weighted by atomic mass is 16.1. The topological polar surface area (TPSA) is 48.6 Å². The average molecular weight is 661 g/mol. The molecule has 0 radical (unpaired) electrons. The van der Waals surface area contributed by atoms with Crippen molar-refractivity contribution in [2.45, 2.75) is 105 Å². The number of fused-ring (bicyclic) bond motifs is 6. The predicted octanol–water partition coefficient (Wildman–Crippen LogP) is 13.3. The van der Waals surface area contributed by atoms with Crippen molar-refractivity contribution in [3.63, 3.8) is 0 Å². The second-order valence-corrected chi connectivity index (χ2v) is 18.6. The lowest BCUT2D eigenvalue weighted by Gasteiger charge is -2.22. The monoisotopic (exact) mass is 660 g/mol. The van der Waals surface area contributed by atoms with Crippen molar-refractivity contribution in [2.75, 3.05) is 0 Å². The third-order valence-electron chi connectivity index (χ3n) is 10.7. The van der Waals surface area contributed by atoms with Crippen LogP contribution < -0.4 is 0 Å². The minimum Gasteiger partial charge on any atom is -0.354 e. The third kappa shape index (κ3) is 5.75. The lowest BCUT2D eigenvalue weighted by Crippen LogP contribution is -2.11. The van der Waals surface area contributed by atoms with Crippen LogP contribution in [0.3, 0.4) is 0 Å². The zero-order chi connectivity index (χ0) is 36.1. The van der Waals surface area contributed by atoms with E-state index in [4.69, 9.17) is 0 Å². The van der Waals surface area contributed by atoms with E-state index in [0.29, 0.717) is 5.56 Å². The molecule has 0 aliphatic heterocycles. The first-order valence-electron chi connectivity index (χ1n) is 18.0. The molecule has 0 aliphatic rings. The van der Waals surface area contributed by atoms with Crippen LogP contribution in [0.1, 0.15) is 116 Å². The van der Waals surface area contributed by atoms with E-state index in [9.17, 15) is 4.79 Å². The summed E-state index contributed by atoms with van der Waals surface area (Å²) >= 11 is 0. The molecule has 0 fully saturated rings. The highest BCUT2D eigenvalue weighted by Gasteiger charge is 2.24. The fraction of sp³-hybridized carbons (Fsp3) is 0.340. The summed E-state index contributed by atoms with van der Waals surface area (Å²) in [6, 6.07) is 29.3. The largest absolute Gasteiger partial charge is 0.354 e. The van der Waals surface area contributed by atoms with Crippen molar-refractivity contribution in [3.05, 3.63) is 107 Å². The average Bonchev–Trinajstić information content (AvgIpc) is 3.59. The number of hydrogen-bond donors (Lipinski definition) is 2. The Bertz CT molecular complexity index is 2470. The van der Waals surface area contributed by atoms with Gasteiger partial charge in [0.1, 0.15) is 0 Å². The molecule has 0 saturated carbocycles. The van der Waals surface area contributed by atoms with Crippen molar-refractivity contribution < 1.29 is 4.79 Å². The van der Waals surface area contributed by atoms with Crippen LogP contribution in [-0.2, 0) is 21.7 Å². The van der Waals surface area contributed by atoms with Gasteiger partial charge in [-0.3, -0.25) is 4.79 Å². The summed E-state index contributed by atoms with van der Waals surface area (Å²) in [5.41, 5.74) is 14.3. The van der Waals surface area contributed by atoms with Gasteiger partial charge in [0.25, 0.3) is 0 Å². The van der Waals surface area contributed by atoms with Crippen LogP contribution in [0.2, 0.25) is 0 Å². The molecule has 7 rings (SSSR count). The number of H-pyrrole nitrogens is 2. The van der Waals surface area contributed by atoms with Gasteiger partial charge in [-0.25, -0.2) is 0 Å².